The summed E-state index contributed by atoms with van der Waals surface area (Å²) in [6, 6.07) is 13.2. The van der Waals surface area contributed by atoms with Crippen molar-refractivity contribution in [3.63, 3.8) is 0 Å². The summed E-state index contributed by atoms with van der Waals surface area (Å²) in [7, 11) is 0. The highest BCUT2D eigenvalue weighted by molar-refractivity contribution is 5.41. The van der Waals surface area contributed by atoms with Gasteiger partial charge in [0.2, 0.25) is 0 Å². The molecule has 3 heteroatoms. The highest BCUT2D eigenvalue weighted by Crippen LogP contribution is 2.30. The molecule has 0 radical (unpaired) electrons. The van der Waals surface area contributed by atoms with Crippen molar-refractivity contribution < 1.29 is 14.6 Å². The Morgan fingerprint density at radius 2 is 2.11 bits per heavy atom. The topological polar surface area (TPSA) is 38.7 Å². The van der Waals surface area contributed by atoms with E-state index in [0.717, 1.165) is 12.2 Å². The van der Waals surface area contributed by atoms with Crippen molar-refractivity contribution in [3.05, 3.63) is 53.6 Å². The first kappa shape index (κ1) is 11.9. The Bertz CT molecular complexity index is 592. The van der Waals surface area contributed by atoms with Gasteiger partial charge in [-0.15, -0.1) is 0 Å². The molecule has 0 aliphatic carbocycles. The molecule has 1 N–H and O–H groups in total. The third-order valence-corrected chi connectivity index (χ3v) is 3.25. The molecule has 3 nitrogen and oxygen atoms in total. The van der Waals surface area contributed by atoms with E-state index in [-0.39, 0.29) is 11.9 Å². The van der Waals surface area contributed by atoms with Crippen LogP contribution in [-0.2, 0) is 6.42 Å². The quantitative estimate of drug-likeness (QED) is 0.917. The lowest BCUT2D eigenvalue weighted by atomic mass is 10.1. The standard InChI is InChI=1S/C16H16O3/c1-11-6-7-15-12(8-11)9-13(19-15)10-18-16-5-3-2-4-14(16)17/h2-8,13,17H,9-10H2,1H3. The third-order valence-electron chi connectivity index (χ3n) is 3.25. The molecule has 0 spiro atoms. The molecule has 1 atom stereocenters. The zero-order valence-corrected chi connectivity index (χ0v) is 10.8. The van der Waals surface area contributed by atoms with E-state index in [2.05, 4.69) is 13.0 Å². The Labute approximate surface area is 112 Å². The normalized spacial score (nSPS) is 16.8. The number of hydrogen-bond donors (Lipinski definition) is 1. The van der Waals surface area contributed by atoms with Gasteiger partial charge in [-0.3, -0.25) is 0 Å². The summed E-state index contributed by atoms with van der Waals surface area (Å²) >= 11 is 0. The van der Waals surface area contributed by atoms with Gasteiger partial charge >= 0.3 is 0 Å². The van der Waals surface area contributed by atoms with Crippen molar-refractivity contribution in [2.75, 3.05) is 6.61 Å². The van der Waals surface area contributed by atoms with Crippen molar-refractivity contribution >= 4 is 0 Å². The van der Waals surface area contributed by atoms with Gasteiger partial charge in [0, 0.05) is 6.42 Å². The Morgan fingerprint density at radius 1 is 1.26 bits per heavy atom. The highest BCUT2D eigenvalue weighted by Gasteiger charge is 2.23. The van der Waals surface area contributed by atoms with Crippen LogP contribution < -0.4 is 9.47 Å². The molecule has 0 bridgehead atoms. The molecular formula is C16H16O3. The lowest BCUT2D eigenvalue weighted by Gasteiger charge is -2.13. The largest absolute Gasteiger partial charge is 0.504 e. The lowest BCUT2D eigenvalue weighted by Crippen LogP contribution is -2.22. The number of phenols is 1. The highest BCUT2D eigenvalue weighted by atomic mass is 16.5. The number of para-hydroxylation sites is 2. The predicted octanol–water partition coefficient (Wildman–Crippen LogP) is 3.08. The van der Waals surface area contributed by atoms with E-state index in [4.69, 9.17) is 9.47 Å². The molecular weight excluding hydrogens is 240 g/mol. The number of aromatic hydroxyl groups is 1. The fraction of sp³-hybridized carbons (Fsp3) is 0.250. The Balaban J connectivity index is 1.63. The minimum Gasteiger partial charge on any atom is -0.504 e. The van der Waals surface area contributed by atoms with Crippen LogP contribution in [0.1, 0.15) is 11.1 Å². The van der Waals surface area contributed by atoms with Crippen molar-refractivity contribution in [1.29, 1.82) is 0 Å². The van der Waals surface area contributed by atoms with Crippen LogP contribution in [0.15, 0.2) is 42.5 Å². The van der Waals surface area contributed by atoms with Gasteiger partial charge in [-0.1, -0.05) is 29.8 Å². The molecule has 2 aromatic carbocycles. The molecule has 2 aromatic rings. The first-order valence-electron chi connectivity index (χ1n) is 6.39. The molecule has 98 valence electrons. The summed E-state index contributed by atoms with van der Waals surface area (Å²) in [4.78, 5) is 0. The van der Waals surface area contributed by atoms with Crippen LogP contribution in [0, 0.1) is 6.92 Å². The van der Waals surface area contributed by atoms with E-state index < -0.39 is 0 Å². The molecule has 3 rings (SSSR count). The van der Waals surface area contributed by atoms with Crippen LogP contribution in [0.25, 0.3) is 0 Å². The fourth-order valence-electron chi connectivity index (χ4n) is 2.30. The Kier molecular flexibility index (Phi) is 3.03. The minimum atomic E-state index is 0.0106. The lowest BCUT2D eigenvalue weighted by molar-refractivity contribution is 0.146. The Morgan fingerprint density at radius 3 is 2.95 bits per heavy atom. The molecule has 1 aliphatic rings. The van der Waals surface area contributed by atoms with Gasteiger partial charge in [-0.25, -0.2) is 0 Å². The molecule has 0 fully saturated rings. The van der Waals surface area contributed by atoms with Gasteiger partial charge in [0.1, 0.15) is 18.5 Å². The number of rotatable bonds is 3. The number of hydrogen-bond acceptors (Lipinski definition) is 3. The summed E-state index contributed by atoms with van der Waals surface area (Å²) in [6.45, 7) is 2.51. The minimum absolute atomic E-state index is 0.0106. The molecule has 0 aromatic heterocycles. The van der Waals surface area contributed by atoms with Crippen LogP contribution in [0.3, 0.4) is 0 Å². The average Bonchev–Trinajstić information content (AvgIpc) is 2.79. The molecule has 1 heterocycles. The fourth-order valence-corrected chi connectivity index (χ4v) is 2.30. The average molecular weight is 256 g/mol. The van der Waals surface area contributed by atoms with Crippen LogP contribution in [-0.4, -0.2) is 17.8 Å². The molecule has 0 saturated heterocycles. The summed E-state index contributed by atoms with van der Waals surface area (Å²) in [6.07, 6.45) is 0.862. The zero-order valence-electron chi connectivity index (χ0n) is 10.8. The van der Waals surface area contributed by atoms with Crippen molar-refractivity contribution in [1.82, 2.24) is 0 Å². The maximum absolute atomic E-state index is 9.63. The van der Waals surface area contributed by atoms with Crippen LogP contribution in [0.4, 0.5) is 0 Å². The van der Waals surface area contributed by atoms with E-state index in [1.807, 2.05) is 18.2 Å². The molecule has 19 heavy (non-hydrogen) atoms. The second-order valence-electron chi connectivity index (χ2n) is 4.83. The maximum atomic E-state index is 9.63. The number of benzene rings is 2. The summed E-state index contributed by atoms with van der Waals surface area (Å²) < 4.78 is 11.4. The predicted molar refractivity (Wildman–Crippen MR) is 72.9 cm³/mol. The van der Waals surface area contributed by atoms with Gasteiger partial charge in [-0.05, 0) is 30.7 Å². The maximum Gasteiger partial charge on any atom is 0.161 e. The molecule has 1 unspecified atom stereocenters. The second kappa shape index (κ2) is 4.84. The van der Waals surface area contributed by atoms with E-state index >= 15 is 0 Å². The first-order valence-corrected chi connectivity index (χ1v) is 6.39. The van der Waals surface area contributed by atoms with Crippen molar-refractivity contribution in [2.24, 2.45) is 0 Å². The van der Waals surface area contributed by atoms with Crippen LogP contribution in [0.2, 0.25) is 0 Å². The molecule has 0 saturated carbocycles. The molecule has 1 aliphatic heterocycles. The second-order valence-corrected chi connectivity index (χ2v) is 4.83. The Hall–Kier alpha value is -2.16. The van der Waals surface area contributed by atoms with Gasteiger partial charge in [0.05, 0.1) is 0 Å². The van der Waals surface area contributed by atoms with Gasteiger partial charge < -0.3 is 14.6 Å². The number of aryl methyl sites for hydroxylation is 1. The van der Waals surface area contributed by atoms with E-state index in [1.54, 1.807) is 18.2 Å². The summed E-state index contributed by atoms with van der Waals surface area (Å²) in [5.74, 6) is 1.60. The van der Waals surface area contributed by atoms with Gasteiger partial charge in [0.25, 0.3) is 0 Å². The molecule has 0 amide bonds. The number of fused-ring (bicyclic) bond motifs is 1. The van der Waals surface area contributed by atoms with Crippen LogP contribution in [0.5, 0.6) is 17.2 Å². The number of ether oxygens (including phenoxy) is 2. The van der Waals surface area contributed by atoms with Crippen molar-refractivity contribution in [2.45, 2.75) is 19.4 Å². The van der Waals surface area contributed by atoms with Gasteiger partial charge in [0.15, 0.2) is 11.5 Å². The van der Waals surface area contributed by atoms with E-state index in [1.165, 1.54) is 11.1 Å². The summed E-state index contributed by atoms with van der Waals surface area (Å²) in [5.41, 5.74) is 2.47. The number of phenolic OH excluding ortho intramolecular Hbond substituents is 1. The smallest absolute Gasteiger partial charge is 0.161 e. The van der Waals surface area contributed by atoms with Gasteiger partial charge in [-0.2, -0.15) is 0 Å². The van der Waals surface area contributed by atoms with E-state index in [0.29, 0.717) is 12.4 Å². The zero-order chi connectivity index (χ0) is 13.2. The third kappa shape index (κ3) is 2.50. The van der Waals surface area contributed by atoms with E-state index in [9.17, 15) is 5.11 Å². The SMILES string of the molecule is Cc1ccc2c(c1)CC(COc1ccccc1O)O2. The summed E-state index contributed by atoms with van der Waals surface area (Å²) in [5, 5.41) is 9.63. The monoisotopic (exact) mass is 256 g/mol. The van der Waals surface area contributed by atoms with Crippen molar-refractivity contribution in [3.8, 4) is 17.2 Å². The first-order chi connectivity index (χ1) is 9.22. The van der Waals surface area contributed by atoms with Crippen LogP contribution >= 0.6 is 0 Å².